The Hall–Kier alpha value is -1.76. The molecule has 0 saturated heterocycles. The van der Waals surface area contributed by atoms with Crippen LogP contribution in [0.15, 0.2) is 24.3 Å². The Kier molecular flexibility index (Phi) is 5.82. The van der Waals surface area contributed by atoms with Crippen LogP contribution < -0.4 is 15.8 Å². The minimum Gasteiger partial charge on any atom is -0.484 e. The van der Waals surface area contributed by atoms with E-state index in [9.17, 15) is 18.0 Å². The number of amides is 1. The highest BCUT2D eigenvalue weighted by Crippen LogP contribution is 2.20. The molecule has 0 radical (unpaired) electrons. The van der Waals surface area contributed by atoms with Gasteiger partial charge in [0.25, 0.3) is 0 Å². The van der Waals surface area contributed by atoms with Gasteiger partial charge in [-0.3, -0.25) is 4.79 Å². The second-order valence-electron chi connectivity index (χ2n) is 4.31. The number of nitrogens with one attached hydrogen (secondary N) is 1. The molecule has 0 aliphatic rings. The topological polar surface area (TPSA) is 64.4 Å². The number of carbonyl (C=O) groups excluding carboxylic acids is 1. The number of rotatable bonds is 6. The predicted molar refractivity (Wildman–Crippen MR) is 69.5 cm³/mol. The van der Waals surface area contributed by atoms with Crippen molar-refractivity contribution in [1.29, 1.82) is 0 Å². The highest BCUT2D eigenvalue weighted by molar-refractivity contribution is 5.94. The Morgan fingerprint density at radius 1 is 1.35 bits per heavy atom. The number of nitrogens with two attached hydrogens (primary N) is 1. The monoisotopic (exact) mass is 290 g/mol. The SMILES string of the molecule is CCCC(N)C(=O)Nc1ccc(OCC(F)(F)F)cc1. The largest absolute Gasteiger partial charge is 0.484 e. The lowest BCUT2D eigenvalue weighted by molar-refractivity contribution is -0.153. The van der Waals surface area contributed by atoms with Gasteiger partial charge in [-0.25, -0.2) is 0 Å². The van der Waals surface area contributed by atoms with Crippen LogP contribution in [0, 0.1) is 0 Å². The van der Waals surface area contributed by atoms with E-state index in [1.54, 1.807) is 0 Å². The van der Waals surface area contributed by atoms with E-state index >= 15 is 0 Å². The molecule has 3 N–H and O–H groups in total. The van der Waals surface area contributed by atoms with Crippen LogP contribution in [0.3, 0.4) is 0 Å². The fourth-order valence-electron chi connectivity index (χ4n) is 1.48. The third-order valence-corrected chi connectivity index (χ3v) is 2.46. The molecule has 1 aromatic rings. The third-order valence-electron chi connectivity index (χ3n) is 2.46. The van der Waals surface area contributed by atoms with Crippen LogP contribution >= 0.6 is 0 Å². The fourth-order valence-corrected chi connectivity index (χ4v) is 1.48. The van der Waals surface area contributed by atoms with Crippen molar-refractivity contribution in [2.45, 2.75) is 32.0 Å². The second kappa shape index (κ2) is 7.14. The lowest BCUT2D eigenvalue weighted by Crippen LogP contribution is -2.35. The summed E-state index contributed by atoms with van der Waals surface area (Å²) in [6.07, 6.45) is -3.02. The number of carbonyl (C=O) groups is 1. The van der Waals surface area contributed by atoms with E-state index in [2.05, 4.69) is 10.1 Å². The van der Waals surface area contributed by atoms with Crippen molar-refractivity contribution in [2.75, 3.05) is 11.9 Å². The summed E-state index contributed by atoms with van der Waals surface area (Å²) in [5, 5.41) is 2.58. The number of alkyl halides is 3. The molecule has 1 amide bonds. The van der Waals surface area contributed by atoms with Crippen molar-refractivity contribution >= 4 is 11.6 Å². The van der Waals surface area contributed by atoms with Crippen molar-refractivity contribution in [3.63, 3.8) is 0 Å². The van der Waals surface area contributed by atoms with Crippen LogP contribution in [-0.2, 0) is 4.79 Å². The van der Waals surface area contributed by atoms with Crippen molar-refractivity contribution in [3.8, 4) is 5.75 Å². The number of benzene rings is 1. The highest BCUT2D eigenvalue weighted by Gasteiger charge is 2.28. The quantitative estimate of drug-likeness (QED) is 0.846. The average Bonchev–Trinajstić information content (AvgIpc) is 2.37. The van der Waals surface area contributed by atoms with E-state index in [1.807, 2.05) is 6.92 Å². The standard InChI is InChI=1S/C13H17F3N2O2/c1-2-3-11(17)12(19)18-9-4-6-10(7-5-9)20-8-13(14,15)16/h4-7,11H,2-3,8,17H2,1H3,(H,18,19). The maximum Gasteiger partial charge on any atom is 0.422 e. The predicted octanol–water partition coefficient (Wildman–Crippen LogP) is 2.69. The minimum atomic E-state index is -4.38. The van der Waals surface area contributed by atoms with Gasteiger partial charge in [-0.2, -0.15) is 13.2 Å². The van der Waals surface area contributed by atoms with Crippen molar-refractivity contribution < 1.29 is 22.7 Å². The summed E-state index contributed by atoms with van der Waals surface area (Å²) in [5.74, 6) is -0.242. The molecule has 1 atom stereocenters. The van der Waals surface area contributed by atoms with Gasteiger partial charge in [-0.05, 0) is 30.7 Å². The normalized spacial score (nSPS) is 12.8. The first kappa shape index (κ1) is 16.3. The van der Waals surface area contributed by atoms with Gasteiger partial charge in [-0.1, -0.05) is 13.3 Å². The summed E-state index contributed by atoms with van der Waals surface area (Å²) >= 11 is 0. The van der Waals surface area contributed by atoms with Crippen molar-refractivity contribution in [1.82, 2.24) is 0 Å². The molecule has 4 nitrogen and oxygen atoms in total. The van der Waals surface area contributed by atoms with E-state index in [0.717, 1.165) is 6.42 Å². The van der Waals surface area contributed by atoms with E-state index in [0.29, 0.717) is 12.1 Å². The van der Waals surface area contributed by atoms with Gasteiger partial charge >= 0.3 is 6.18 Å². The number of halogens is 3. The van der Waals surface area contributed by atoms with Gasteiger partial charge in [-0.15, -0.1) is 0 Å². The highest BCUT2D eigenvalue weighted by atomic mass is 19.4. The maximum absolute atomic E-state index is 12.0. The molecule has 0 saturated carbocycles. The van der Waals surface area contributed by atoms with Gasteiger partial charge < -0.3 is 15.8 Å². The molecular formula is C13H17F3N2O2. The van der Waals surface area contributed by atoms with E-state index in [4.69, 9.17) is 5.73 Å². The number of hydrogen-bond acceptors (Lipinski definition) is 3. The maximum atomic E-state index is 12.0. The Morgan fingerprint density at radius 3 is 2.45 bits per heavy atom. The lowest BCUT2D eigenvalue weighted by Gasteiger charge is -2.12. The molecule has 0 heterocycles. The Bertz CT molecular complexity index is 432. The summed E-state index contributed by atoms with van der Waals surface area (Å²) < 4.78 is 40.4. The van der Waals surface area contributed by atoms with E-state index < -0.39 is 18.8 Å². The molecule has 0 aliphatic carbocycles. The average molecular weight is 290 g/mol. The Morgan fingerprint density at radius 2 is 1.95 bits per heavy atom. The molecule has 1 unspecified atom stereocenters. The molecule has 20 heavy (non-hydrogen) atoms. The second-order valence-corrected chi connectivity index (χ2v) is 4.31. The van der Waals surface area contributed by atoms with Gasteiger partial charge in [0.1, 0.15) is 5.75 Å². The molecule has 1 rings (SSSR count). The minimum absolute atomic E-state index is 0.0816. The van der Waals surface area contributed by atoms with Gasteiger partial charge in [0.05, 0.1) is 6.04 Å². The molecular weight excluding hydrogens is 273 g/mol. The van der Waals surface area contributed by atoms with Gasteiger partial charge in [0.15, 0.2) is 6.61 Å². The molecule has 1 aromatic carbocycles. The fraction of sp³-hybridized carbons (Fsp3) is 0.462. The molecule has 7 heteroatoms. The molecule has 0 spiro atoms. The van der Waals surface area contributed by atoms with Crippen LogP contribution in [0.25, 0.3) is 0 Å². The Labute approximate surface area is 115 Å². The van der Waals surface area contributed by atoms with Crippen LogP contribution in [0.1, 0.15) is 19.8 Å². The summed E-state index contributed by atoms with van der Waals surface area (Å²) in [6, 6.07) is 5.03. The van der Waals surface area contributed by atoms with Crippen LogP contribution in [0.2, 0.25) is 0 Å². The number of anilines is 1. The number of hydrogen-bond donors (Lipinski definition) is 2. The smallest absolute Gasteiger partial charge is 0.422 e. The van der Waals surface area contributed by atoms with E-state index in [1.165, 1.54) is 24.3 Å². The van der Waals surface area contributed by atoms with Crippen LogP contribution in [-0.4, -0.2) is 24.7 Å². The van der Waals surface area contributed by atoms with Crippen LogP contribution in [0.5, 0.6) is 5.75 Å². The zero-order valence-electron chi connectivity index (χ0n) is 11.0. The first-order valence-corrected chi connectivity index (χ1v) is 6.18. The third kappa shape index (κ3) is 5.92. The zero-order valence-corrected chi connectivity index (χ0v) is 11.0. The summed E-state index contributed by atoms with van der Waals surface area (Å²) in [5.41, 5.74) is 6.10. The molecule has 0 aliphatic heterocycles. The zero-order chi connectivity index (χ0) is 15.2. The summed E-state index contributed by atoms with van der Waals surface area (Å²) in [7, 11) is 0. The molecule has 0 bridgehead atoms. The first-order chi connectivity index (χ1) is 9.31. The summed E-state index contributed by atoms with van der Waals surface area (Å²) in [6.45, 7) is 0.569. The molecule has 112 valence electrons. The molecule has 0 aromatic heterocycles. The van der Waals surface area contributed by atoms with E-state index in [-0.39, 0.29) is 11.7 Å². The molecule has 0 fully saturated rings. The van der Waals surface area contributed by atoms with Crippen LogP contribution in [0.4, 0.5) is 18.9 Å². The van der Waals surface area contributed by atoms with Gasteiger partial charge in [0.2, 0.25) is 5.91 Å². The summed E-state index contributed by atoms with van der Waals surface area (Å²) in [4.78, 5) is 11.6. The Balaban J connectivity index is 2.52. The van der Waals surface area contributed by atoms with Crippen molar-refractivity contribution in [2.24, 2.45) is 5.73 Å². The first-order valence-electron chi connectivity index (χ1n) is 6.18. The number of ether oxygens (including phenoxy) is 1. The lowest BCUT2D eigenvalue weighted by atomic mass is 10.1. The van der Waals surface area contributed by atoms with Gasteiger partial charge in [0, 0.05) is 5.69 Å². The van der Waals surface area contributed by atoms with Crippen molar-refractivity contribution in [3.05, 3.63) is 24.3 Å².